The number of hydrogen-bond donors (Lipinski definition) is 1. The van der Waals surface area contributed by atoms with Crippen LogP contribution < -0.4 is 5.32 Å². The molecular formula is C37H60N3O10P. The molecule has 3 saturated carbocycles. The molecule has 6 atom stereocenters. The van der Waals surface area contributed by atoms with Crippen molar-refractivity contribution < 1.29 is 47.1 Å². The number of ether oxygens (including phenoxy) is 5. The van der Waals surface area contributed by atoms with Gasteiger partial charge in [0.15, 0.2) is 18.5 Å². The molecule has 0 aromatic rings. The zero-order valence-electron chi connectivity index (χ0n) is 32.4. The van der Waals surface area contributed by atoms with Crippen molar-refractivity contribution in [3.8, 4) is 18.4 Å². The van der Waals surface area contributed by atoms with Gasteiger partial charge >= 0.3 is 11.9 Å². The Morgan fingerprint density at radius 2 is 1.61 bits per heavy atom. The van der Waals surface area contributed by atoms with E-state index in [0.29, 0.717) is 26.1 Å². The van der Waals surface area contributed by atoms with Crippen LogP contribution in [0.3, 0.4) is 0 Å². The zero-order chi connectivity index (χ0) is 38.4. The summed E-state index contributed by atoms with van der Waals surface area (Å²) in [7, 11) is -1.38. The molecule has 1 heterocycles. The number of carbonyl (C=O) groups excluding carboxylic acids is 3. The molecule has 1 aliphatic heterocycles. The highest BCUT2D eigenvalue weighted by Gasteiger charge is 2.70. The summed E-state index contributed by atoms with van der Waals surface area (Å²) < 4.78 is 45.8. The Morgan fingerprint density at radius 1 is 1.02 bits per heavy atom. The first kappa shape index (κ1) is 43.1. The SMILES string of the molecule is C#CCC(C)(C)CC(C)(C)OCC1OC(OCC23CC(OP(OCCC#N)N(C(C)C)C(C)C)(C2)C3)C(NC(C)=O)C(OC(C)=O)C1OC(C)=O. The van der Waals surface area contributed by atoms with Gasteiger partial charge in [0.2, 0.25) is 5.91 Å². The zero-order valence-corrected chi connectivity index (χ0v) is 33.3. The predicted molar refractivity (Wildman–Crippen MR) is 191 cm³/mol. The maximum atomic E-state index is 12.5. The summed E-state index contributed by atoms with van der Waals surface area (Å²) in [5.74, 6) is 1.10. The summed E-state index contributed by atoms with van der Waals surface area (Å²) in [5.41, 5.74) is -1.34. The fraction of sp³-hybridized carbons (Fsp3) is 0.838. The van der Waals surface area contributed by atoms with Gasteiger partial charge in [-0.1, -0.05) is 13.8 Å². The summed E-state index contributed by atoms with van der Waals surface area (Å²) in [6.45, 7) is 20.9. The third kappa shape index (κ3) is 11.8. The standard InChI is InChI=1S/C37H60N3O10P/c1-13-15-34(9,10)19-35(11,12)45-18-29-31(47-27(7)42)32(48-28(8)43)30(39-26(6)41)33(49-29)44-23-36-20-37(21-36,22-36)50-51(46-17-14-16-38)40(24(2)3)25(4)5/h1,24-25,29-33H,14-15,17-23H2,2-12H3,(H,39,41). The molecule has 2 bridgehead atoms. The Hall–Kier alpha value is -2.35. The van der Waals surface area contributed by atoms with Gasteiger partial charge in [-0.15, -0.1) is 12.3 Å². The Balaban J connectivity index is 1.79. The van der Waals surface area contributed by atoms with Gasteiger partial charge in [0.25, 0.3) is 8.53 Å². The molecule has 4 aliphatic rings. The summed E-state index contributed by atoms with van der Waals surface area (Å²) in [4.78, 5) is 37.2. The lowest BCUT2D eigenvalue weighted by molar-refractivity contribution is -0.318. The minimum Gasteiger partial charge on any atom is -0.456 e. The minimum atomic E-state index is -1.38. The Bertz CT molecular complexity index is 1280. The molecular weight excluding hydrogens is 677 g/mol. The third-order valence-electron chi connectivity index (χ3n) is 9.32. The average molecular weight is 738 g/mol. The van der Waals surface area contributed by atoms with Crippen molar-refractivity contribution in [1.82, 2.24) is 9.99 Å². The topological polar surface area (TPSA) is 155 Å². The third-order valence-corrected chi connectivity index (χ3v) is 11.6. The fourth-order valence-electron chi connectivity index (χ4n) is 7.94. The van der Waals surface area contributed by atoms with Gasteiger partial charge in [-0.3, -0.25) is 14.4 Å². The van der Waals surface area contributed by atoms with E-state index in [0.717, 1.165) is 19.3 Å². The van der Waals surface area contributed by atoms with Gasteiger partial charge in [-0.2, -0.15) is 5.26 Å². The molecule has 13 nitrogen and oxygen atoms in total. The van der Waals surface area contributed by atoms with Crippen LogP contribution >= 0.6 is 8.53 Å². The highest BCUT2D eigenvalue weighted by molar-refractivity contribution is 7.44. The monoisotopic (exact) mass is 737 g/mol. The molecule has 0 spiro atoms. The molecule has 288 valence electrons. The normalized spacial score (nSPS) is 29.4. The molecule has 0 aromatic heterocycles. The lowest BCUT2D eigenvalue weighted by atomic mass is 9.41. The average Bonchev–Trinajstić information content (AvgIpc) is 2.93. The van der Waals surface area contributed by atoms with Crippen LogP contribution in [0.5, 0.6) is 0 Å². The Kier molecular flexibility index (Phi) is 14.9. The Labute approximate surface area is 306 Å². The summed E-state index contributed by atoms with van der Waals surface area (Å²) in [6, 6.07) is 1.54. The van der Waals surface area contributed by atoms with Gasteiger partial charge in [-0.25, -0.2) is 4.67 Å². The second-order valence-electron chi connectivity index (χ2n) is 16.4. The second-order valence-corrected chi connectivity index (χ2v) is 17.8. The van der Waals surface area contributed by atoms with Gasteiger partial charge in [0.05, 0.1) is 43.5 Å². The summed E-state index contributed by atoms with van der Waals surface area (Å²) >= 11 is 0. The number of esters is 2. The highest BCUT2D eigenvalue weighted by atomic mass is 31.2. The number of nitrogens with zero attached hydrogens (tertiary/aromatic N) is 2. The van der Waals surface area contributed by atoms with Crippen LogP contribution in [-0.4, -0.2) is 96.3 Å². The van der Waals surface area contributed by atoms with E-state index >= 15 is 0 Å². The first-order valence-corrected chi connectivity index (χ1v) is 19.0. The van der Waals surface area contributed by atoms with Crippen LogP contribution in [0.1, 0.15) is 115 Å². The number of hydrogen-bond acceptors (Lipinski definition) is 12. The van der Waals surface area contributed by atoms with E-state index < -0.39 is 62.6 Å². The lowest BCUT2D eigenvalue weighted by Gasteiger charge is -2.70. The van der Waals surface area contributed by atoms with Crippen molar-refractivity contribution in [3.63, 3.8) is 0 Å². The predicted octanol–water partition coefficient (Wildman–Crippen LogP) is 5.55. The first-order chi connectivity index (χ1) is 23.7. The fourth-order valence-corrected chi connectivity index (χ4v) is 9.74. The van der Waals surface area contributed by atoms with Crippen molar-refractivity contribution in [1.29, 1.82) is 5.26 Å². The van der Waals surface area contributed by atoms with Gasteiger partial charge in [-0.05, 0) is 72.6 Å². The van der Waals surface area contributed by atoms with E-state index in [1.807, 2.05) is 13.8 Å². The molecule has 4 rings (SSSR count). The van der Waals surface area contributed by atoms with Crippen molar-refractivity contribution in [2.24, 2.45) is 10.8 Å². The summed E-state index contributed by atoms with van der Waals surface area (Å²) in [5, 5.41) is 11.9. The van der Waals surface area contributed by atoms with Crippen molar-refractivity contribution in [2.75, 3.05) is 19.8 Å². The van der Waals surface area contributed by atoms with Crippen molar-refractivity contribution >= 4 is 26.4 Å². The van der Waals surface area contributed by atoms with E-state index in [9.17, 15) is 14.4 Å². The smallest absolute Gasteiger partial charge is 0.303 e. The molecule has 1 N–H and O–H groups in total. The van der Waals surface area contributed by atoms with Crippen LogP contribution in [-0.2, 0) is 47.1 Å². The number of nitrogens with one attached hydrogen (secondary N) is 1. The second kappa shape index (κ2) is 17.6. The van der Waals surface area contributed by atoms with Gasteiger partial charge in [0, 0.05) is 44.7 Å². The lowest BCUT2D eigenvalue weighted by Crippen LogP contribution is -2.71. The van der Waals surface area contributed by atoms with E-state index in [2.05, 4.69) is 63.5 Å². The number of carbonyl (C=O) groups is 3. The molecule has 1 amide bonds. The first-order valence-electron chi connectivity index (χ1n) is 17.9. The summed E-state index contributed by atoms with van der Waals surface area (Å²) in [6.07, 6.45) is 5.20. The molecule has 6 unspecified atom stereocenters. The Morgan fingerprint density at radius 3 is 2.12 bits per heavy atom. The van der Waals surface area contributed by atoms with E-state index in [4.69, 9.17) is 44.4 Å². The quantitative estimate of drug-likeness (QED) is 0.0722. The minimum absolute atomic E-state index is 0.0128. The van der Waals surface area contributed by atoms with E-state index in [1.54, 1.807) is 0 Å². The van der Waals surface area contributed by atoms with Crippen LogP contribution in [0, 0.1) is 34.5 Å². The molecule has 14 heteroatoms. The van der Waals surface area contributed by atoms with Crippen LogP contribution in [0.15, 0.2) is 0 Å². The molecule has 1 saturated heterocycles. The number of nitriles is 1. The van der Waals surface area contributed by atoms with E-state index in [1.165, 1.54) is 20.8 Å². The van der Waals surface area contributed by atoms with Crippen molar-refractivity contribution in [2.45, 2.75) is 169 Å². The molecule has 3 aliphatic carbocycles. The maximum Gasteiger partial charge on any atom is 0.303 e. The van der Waals surface area contributed by atoms with Crippen LogP contribution in [0.2, 0.25) is 0 Å². The largest absolute Gasteiger partial charge is 0.456 e. The van der Waals surface area contributed by atoms with Crippen molar-refractivity contribution in [3.05, 3.63) is 0 Å². The maximum absolute atomic E-state index is 12.5. The van der Waals surface area contributed by atoms with Gasteiger partial charge < -0.3 is 38.0 Å². The molecule has 4 fully saturated rings. The van der Waals surface area contributed by atoms with E-state index in [-0.39, 0.29) is 41.5 Å². The molecule has 0 radical (unpaired) electrons. The molecule has 0 aromatic carbocycles. The number of amides is 1. The van der Waals surface area contributed by atoms with Gasteiger partial charge in [0.1, 0.15) is 12.1 Å². The number of terminal acetylenes is 1. The highest BCUT2D eigenvalue weighted by Crippen LogP contribution is 2.73. The van der Waals surface area contributed by atoms with Crippen LogP contribution in [0.4, 0.5) is 0 Å². The van der Waals surface area contributed by atoms with Crippen LogP contribution in [0.25, 0.3) is 0 Å². The number of rotatable bonds is 20. The molecule has 51 heavy (non-hydrogen) atoms.